The molecule has 2 heterocycles. The Kier molecular flexibility index (Phi) is 23.7. The van der Waals surface area contributed by atoms with Crippen LogP contribution in [0.2, 0.25) is 0 Å². The summed E-state index contributed by atoms with van der Waals surface area (Å²) in [5, 5.41) is 23.3. The maximum Gasteiger partial charge on any atom is 0.490 e. The average Bonchev–Trinajstić information content (AvgIpc) is 3.09. The number of pyridine rings is 1. The van der Waals surface area contributed by atoms with Crippen LogP contribution >= 0.6 is 0 Å². The largest absolute Gasteiger partial charge is 0.490 e. The van der Waals surface area contributed by atoms with E-state index in [1.807, 2.05) is 40.4 Å². The van der Waals surface area contributed by atoms with Gasteiger partial charge in [-0.05, 0) is 74.4 Å². The van der Waals surface area contributed by atoms with E-state index in [9.17, 15) is 50.3 Å². The maximum atomic E-state index is 13.0. The number of aliphatic carboxylic acids is 2. The number of carbonyl (C=O) groups excluding carboxylic acids is 4. The quantitative estimate of drug-likeness (QED) is 0.0925. The van der Waals surface area contributed by atoms with Gasteiger partial charge in [0.1, 0.15) is 22.6 Å². The van der Waals surface area contributed by atoms with Crippen LogP contribution in [0.15, 0.2) is 18.3 Å². The van der Waals surface area contributed by atoms with Gasteiger partial charge in [0, 0.05) is 58.6 Å². The van der Waals surface area contributed by atoms with Crippen LogP contribution in [0.5, 0.6) is 0 Å². The number of carboxylic acids is 3. The number of hydrogen-bond acceptors (Lipinski definition) is 16. The summed E-state index contributed by atoms with van der Waals surface area (Å²) in [6, 6.07) is 2.81. The zero-order chi connectivity index (χ0) is 49.9. The molecule has 1 aromatic rings. The fraction of sp³-hybridized carbons (Fsp3) is 0.684. The normalized spacial score (nSPS) is 15.5. The Morgan fingerprint density at radius 3 is 1.05 bits per heavy atom. The Morgan fingerprint density at radius 1 is 0.547 bits per heavy atom. The van der Waals surface area contributed by atoms with Crippen molar-refractivity contribution in [1.82, 2.24) is 30.0 Å². The molecule has 1 aromatic heterocycles. The number of rotatable bonds is 11. The molecule has 1 amide bonds. The van der Waals surface area contributed by atoms with Gasteiger partial charge in [0.2, 0.25) is 0 Å². The predicted octanol–water partition coefficient (Wildman–Crippen LogP) is 2.74. The monoisotopic (exact) mass is 935 g/mol. The first kappa shape index (κ1) is 58.7. The number of halogens is 6. The lowest BCUT2D eigenvalue weighted by Crippen LogP contribution is -2.50. The number of carboxylic acid groups (broad SMARTS) is 3. The third kappa shape index (κ3) is 29.9. The summed E-state index contributed by atoms with van der Waals surface area (Å²) in [6.07, 6.45) is -8.99. The van der Waals surface area contributed by atoms with Crippen molar-refractivity contribution in [3.05, 3.63) is 23.9 Å². The van der Waals surface area contributed by atoms with Crippen molar-refractivity contribution >= 4 is 47.5 Å². The lowest BCUT2D eigenvalue weighted by molar-refractivity contribution is -0.193. The number of nitrogens with one attached hydrogen (secondary N) is 2. The standard InChI is InChI=1S/C34H57N7O9.2C2HF3O2/c1-32(2,3)48-28(43)22-39-14-12-38(21-27(42)37-36-26-11-10-25(20-35-26)31(46)47)13-15-40(23-29(44)49-33(4,5)6)17-19-41(18-16-39)24-30(45)50-34(7,8)9;2*3-2(4,5)1(6)7/h10-11,20H,12-19,21-24H2,1-9H3,(H,35,36)(H,37,42)(H,46,47);2*(H,6,7). The summed E-state index contributed by atoms with van der Waals surface area (Å²) >= 11 is 0. The molecule has 26 heteroatoms. The first-order valence-electron chi connectivity index (χ1n) is 19.3. The van der Waals surface area contributed by atoms with Crippen LogP contribution in [0.3, 0.4) is 0 Å². The summed E-state index contributed by atoms with van der Waals surface area (Å²) in [7, 11) is 0. The second-order valence-corrected chi connectivity index (χ2v) is 16.9. The van der Waals surface area contributed by atoms with E-state index >= 15 is 0 Å². The Hall–Kier alpha value is -5.34. The number of aromatic carboxylic acids is 1. The molecule has 64 heavy (non-hydrogen) atoms. The zero-order valence-electron chi connectivity index (χ0n) is 37.1. The van der Waals surface area contributed by atoms with Gasteiger partial charge in [-0.15, -0.1) is 0 Å². The van der Waals surface area contributed by atoms with E-state index in [-0.39, 0.29) is 61.4 Å². The smallest absolute Gasteiger partial charge is 0.478 e. The summed E-state index contributed by atoms with van der Waals surface area (Å²) in [5.74, 6) is -7.88. The SMILES string of the molecule is CC(C)(C)OC(=O)CN1CCN(CC(=O)NNc2ccc(C(=O)O)cn2)CCN(CC(=O)OC(C)(C)C)CCN(CC(=O)OC(C)(C)C)CC1.O=C(O)C(F)(F)F.O=C(O)C(F)(F)F. The molecular weight excluding hydrogens is 876 g/mol. The fourth-order valence-electron chi connectivity index (χ4n) is 4.85. The van der Waals surface area contributed by atoms with Gasteiger partial charge in [-0.3, -0.25) is 49.6 Å². The molecule has 1 aliphatic heterocycles. The molecule has 0 aliphatic carbocycles. The molecule has 0 unspecified atom stereocenters. The van der Waals surface area contributed by atoms with Gasteiger partial charge >= 0.3 is 48.2 Å². The molecule has 0 aromatic carbocycles. The number of anilines is 1. The fourth-order valence-corrected chi connectivity index (χ4v) is 4.85. The number of esters is 3. The van der Waals surface area contributed by atoms with E-state index in [1.165, 1.54) is 18.3 Å². The minimum Gasteiger partial charge on any atom is -0.478 e. The number of carbonyl (C=O) groups is 7. The van der Waals surface area contributed by atoms with Crippen LogP contribution in [0.1, 0.15) is 72.7 Å². The molecule has 1 aliphatic rings. The second-order valence-electron chi connectivity index (χ2n) is 16.9. The van der Waals surface area contributed by atoms with Gasteiger partial charge in [-0.1, -0.05) is 0 Å². The number of hydrogen-bond donors (Lipinski definition) is 5. The van der Waals surface area contributed by atoms with Crippen molar-refractivity contribution in [3.8, 4) is 0 Å². The van der Waals surface area contributed by atoms with Crippen molar-refractivity contribution in [1.29, 1.82) is 0 Å². The Morgan fingerprint density at radius 2 is 0.828 bits per heavy atom. The van der Waals surface area contributed by atoms with Crippen LogP contribution in [0, 0.1) is 0 Å². The van der Waals surface area contributed by atoms with E-state index in [0.717, 1.165) is 0 Å². The first-order valence-corrected chi connectivity index (χ1v) is 19.3. The highest BCUT2D eigenvalue weighted by Crippen LogP contribution is 2.15. The minimum atomic E-state index is -5.08. The van der Waals surface area contributed by atoms with Crippen LogP contribution in [0.25, 0.3) is 0 Å². The second kappa shape index (κ2) is 25.8. The van der Waals surface area contributed by atoms with Gasteiger partial charge < -0.3 is 29.5 Å². The lowest BCUT2D eigenvalue weighted by atomic mass is 10.2. The molecule has 0 atom stereocenters. The predicted molar refractivity (Wildman–Crippen MR) is 214 cm³/mol. The highest BCUT2D eigenvalue weighted by Gasteiger charge is 2.39. The first-order chi connectivity index (χ1) is 29.0. The Bertz CT molecular complexity index is 1630. The molecule has 20 nitrogen and oxygen atoms in total. The molecule has 2 rings (SSSR count). The van der Waals surface area contributed by atoms with Crippen molar-refractivity contribution in [2.24, 2.45) is 0 Å². The van der Waals surface area contributed by atoms with E-state index in [4.69, 9.17) is 39.1 Å². The van der Waals surface area contributed by atoms with Gasteiger partial charge in [-0.2, -0.15) is 26.3 Å². The molecular formula is C38H59F6N7O13. The summed E-state index contributed by atoms with van der Waals surface area (Å²) in [6.45, 7) is 19.6. The number of amides is 1. The van der Waals surface area contributed by atoms with Crippen LogP contribution < -0.4 is 10.9 Å². The van der Waals surface area contributed by atoms with Crippen molar-refractivity contribution in [2.75, 3.05) is 84.0 Å². The molecule has 5 N–H and O–H groups in total. The number of hydrazine groups is 1. The van der Waals surface area contributed by atoms with Gasteiger partial charge in [-0.25, -0.2) is 19.4 Å². The molecule has 0 spiro atoms. The van der Waals surface area contributed by atoms with Crippen molar-refractivity contribution in [3.63, 3.8) is 0 Å². The van der Waals surface area contributed by atoms with Crippen molar-refractivity contribution < 1.29 is 89.4 Å². The van der Waals surface area contributed by atoms with Crippen LogP contribution in [0.4, 0.5) is 32.2 Å². The van der Waals surface area contributed by atoms with Gasteiger partial charge in [0.25, 0.3) is 5.91 Å². The molecule has 366 valence electrons. The third-order valence-electron chi connectivity index (χ3n) is 7.44. The number of alkyl halides is 6. The van der Waals surface area contributed by atoms with Gasteiger partial charge in [0.05, 0.1) is 31.7 Å². The summed E-state index contributed by atoms with van der Waals surface area (Å²) < 4.78 is 80.2. The molecule has 1 saturated heterocycles. The topological polar surface area (TPSA) is 258 Å². The minimum absolute atomic E-state index is 0.0149. The average molecular weight is 936 g/mol. The Balaban J connectivity index is 0.00000243. The third-order valence-corrected chi connectivity index (χ3v) is 7.44. The molecule has 1 fully saturated rings. The number of aromatic nitrogens is 1. The summed E-state index contributed by atoms with van der Waals surface area (Å²) in [4.78, 5) is 92.3. The number of ether oxygens (including phenoxy) is 3. The molecule has 0 radical (unpaired) electrons. The van der Waals surface area contributed by atoms with E-state index in [1.54, 1.807) is 41.5 Å². The highest BCUT2D eigenvalue weighted by molar-refractivity contribution is 5.87. The van der Waals surface area contributed by atoms with E-state index < -0.39 is 47.1 Å². The van der Waals surface area contributed by atoms with E-state index in [2.05, 4.69) is 15.8 Å². The van der Waals surface area contributed by atoms with Crippen molar-refractivity contribution in [2.45, 2.75) is 91.5 Å². The highest BCUT2D eigenvalue weighted by atomic mass is 19.4. The van der Waals surface area contributed by atoms with Crippen LogP contribution in [-0.4, -0.2) is 189 Å². The molecule has 0 bridgehead atoms. The molecule has 0 saturated carbocycles. The van der Waals surface area contributed by atoms with E-state index in [0.29, 0.717) is 52.4 Å². The zero-order valence-corrected chi connectivity index (χ0v) is 37.1. The maximum absolute atomic E-state index is 13.0. The number of nitrogens with zero attached hydrogens (tertiary/aromatic N) is 5. The van der Waals surface area contributed by atoms with Crippen LogP contribution in [-0.2, 0) is 43.0 Å². The Labute approximate surface area is 366 Å². The lowest BCUT2D eigenvalue weighted by Gasteiger charge is -2.34. The summed E-state index contributed by atoms with van der Waals surface area (Å²) in [5.41, 5.74) is 3.33. The van der Waals surface area contributed by atoms with Gasteiger partial charge in [0.15, 0.2) is 0 Å².